The summed E-state index contributed by atoms with van der Waals surface area (Å²) in [6, 6.07) is 0. The first-order chi connectivity index (χ1) is 35.2. The van der Waals surface area contributed by atoms with Crippen molar-refractivity contribution in [3.8, 4) is 0 Å². The Morgan fingerprint density at radius 3 is 0.944 bits per heavy atom. The molecule has 0 saturated heterocycles. The van der Waals surface area contributed by atoms with E-state index in [1.165, 1.54) is 262 Å². The second-order valence-corrected chi connectivity index (χ2v) is 21.6. The molecule has 4 heteroatoms. The van der Waals surface area contributed by atoms with Gasteiger partial charge in [0.1, 0.15) is 0 Å². The summed E-state index contributed by atoms with van der Waals surface area (Å²) in [6.45, 7) is 13.1. The monoisotopic (exact) mass is 1010 g/mol. The van der Waals surface area contributed by atoms with E-state index in [2.05, 4.69) is 76.3 Å². The SMILES string of the molecule is CC.CCCCC/C=C\C/C=C\CCCCCCCCC/C(=C/C(=O)N(C)C)CCCCCCCCC.CCCCC/C=C\C/C=C\CCCCCCCCCC(CCCCCCCCC)CC(=O)N(C)C. The number of likely N-dealkylation sites (N-methyl/N-ethyl adjacent to an activating group) is 1. The first-order valence-corrected chi connectivity index (χ1v) is 31.9. The average Bonchev–Trinajstić information content (AvgIpc) is 3.37. The molecule has 4 nitrogen and oxygen atoms in total. The number of hydrogen-bond donors (Lipinski definition) is 0. The topological polar surface area (TPSA) is 40.6 Å². The molecule has 0 N–H and O–H groups in total. The summed E-state index contributed by atoms with van der Waals surface area (Å²) >= 11 is 0. The third-order valence-corrected chi connectivity index (χ3v) is 14.1. The summed E-state index contributed by atoms with van der Waals surface area (Å²) in [5.41, 5.74) is 1.37. The minimum absolute atomic E-state index is 0.153. The molecule has 1 unspecified atom stereocenters. The summed E-state index contributed by atoms with van der Waals surface area (Å²) < 4.78 is 0. The molecular formula is C68H130N2O2. The molecule has 72 heavy (non-hydrogen) atoms. The van der Waals surface area contributed by atoms with E-state index in [-0.39, 0.29) is 5.91 Å². The number of unbranched alkanes of at least 4 members (excludes halogenated alkanes) is 32. The molecular weight excluding hydrogens is 877 g/mol. The van der Waals surface area contributed by atoms with E-state index in [1.54, 1.807) is 9.80 Å². The largest absolute Gasteiger partial charge is 0.349 e. The zero-order valence-corrected chi connectivity index (χ0v) is 50.8. The normalized spacial score (nSPS) is 12.2. The fraction of sp³-hybridized carbons (Fsp3) is 0.824. The van der Waals surface area contributed by atoms with E-state index < -0.39 is 0 Å². The third kappa shape index (κ3) is 61.9. The molecule has 0 aromatic rings. The molecule has 0 aromatic carbocycles. The van der Waals surface area contributed by atoms with E-state index >= 15 is 0 Å². The van der Waals surface area contributed by atoms with Gasteiger partial charge < -0.3 is 9.80 Å². The van der Waals surface area contributed by atoms with Gasteiger partial charge in [0.2, 0.25) is 11.8 Å². The minimum atomic E-state index is 0.153. The lowest BCUT2D eigenvalue weighted by molar-refractivity contribution is -0.129. The summed E-state index contributed by atoms with van der Waals surface area (Å²) in [5.74, 6) is 1.06. The molecule has 1 atom stereocenters. The number of allylic oxidation sites excluding steroid dienone is 9. The number of nitrogens with zero attached hydrogens (tertiary/aromatic N) is 2. The van der Waals surface area contributed by atoms with Crippen molar-refractivity contribution >= 4 is 11.8 Å². The average molecular weight is 1010 g/mol. The minimum Gasteiger partial charge on any atom is -0.349 e. The van der Waals surface area contributed by atoms with Crippen LogP contribution >= 0.6 is 0 Å². The Morgan fingerprint density at radius 1 is 0.347 bits per heavy atom. The summed E-state index contributed by atoms with van der Waals surface area (Å²) in [4.78, 5) is 27.9. The van der Waals surface area contributed by atoms with E-state index in [0.717, 1.165) is 32.1 Å². The van der Waals surface area contributed by atoms with Crippen LogP contribution in [0.25, 0.3) is 0 Å². The van der Waals surface area contributed by atoms with Crippen molar-refractivity contribution in [1.29, 1.82) is 0 Å². The zero-order chi connectivity index (χ0) is 53.6. The number of carbonyl (C=O) groups excluding carboxylic acids is 2. The van der Waals surface area contributed by atoms with Gasteiger partial charge in [0, 0.05) is 40.7 Å². The van der Waals surface area contributed by atoms with Gasteiger partial charge in [0.25, 0.3) is 0 Å². The molecule has 0 aromatic heterocycles. The van der Waals surface area contributed by atoms with Gasteiger partial charge in [0.05, 0.1) is 0 Å². The Balaban J connectivity index is -0.00000128. The summed E-state index contributed by atoms with van der Waals surface area (Å²) in [6.07, 6.45) is 78.9. The van der Waals surface area contributed by atoms with Crippen LogP contribution in [-0.2, 0) is 9.59 Å². The lowest BCUT2D eigenvalue weighted by Gasteiger charge is -2.19. The standard InChI is InChI=1S/C33H63NO.C33H61NO.C2H6/c2*1-5-7-9-11-13-14-15-16-17-18-19-20-21-22-24-26-28-30-32(31-33(35)34(3)4)29-27-25-23-12-10-8-6-2;1-2/h13-14,16-17,32H,5-12,15,18-31H2,1-4H3;13-14,16-17,31H,5-12,15,18-30H2,1-4H3;1-2H3/b14-13-,17-16-;14-13-,17-16-,32-31+;. The summed E-state index contributed by atoms with van der Waals surface area (Å²) in [5, 5.41) is 0. The Kier molecular flexibility index (Phi) is 66.4. The number of carbonyl (C=O) groups is 2. The lowest BCUT2D eigenvalue weighted by Crippen LogP contribution is -2.24. The van der Waals surface area contributed by atoms with Gasteiger partial charge in [-0.05, 0) is 109 Å². The Morgan fingerprint density at radius 2 is 0.625 bits per heavy atom. The van der Waals surface area contributed by atoms with Crippen LogP contribution in [0.4, 0.5) is 0 Å². The van der Waals surface area contributed by atoms with Crippen molar-refractivity contribution in [2.75, 3.05) is 28.2 Å². The van der Waals surface area contributed by atoms with Gasteiger partial charge in [-0.2, -0.15) is 0 Å². The molecule has 0 aliphatic heterocycles. The van der Waals surface area contributed by atoms with E-state index in [0.29, 0.717) is 11.8 Å². The molecule has 0 heterocycles. The predicted octanol–water partition coefficient (Wildman–Crippen LogP) is 22.6. The highest BCUT2D eigenvalue weighted by Gasteiger charge is 2.15. The second-order valence-electron chi connectivity index (χ2n) is 21.6. The van der Waals surface area contributed by atoms with Crippen LogP contribution in [0, 0.1) is 5.92 Å². The lowest BCUT2D eigenvalue weighted by atomic mass is 9.91. The predicted molar refractivity (Wildman–Crippen MR) is 327 cm³/mol. The van der Waals surface area contributed by atoms with Gasteiger partial charge in [-0.3, -0.25) is 9.59 Å². The van der Waals surface area contributed by atoms with Crippen LogP contribution in [0.1, 0.15) is 330 Å². The zero-order valence-electron chi connectivity index (χ0n) is 50.8. The quantitative estimate of drug-likeness (QED) is 0.0346. The van der Waals surface area contributed by atoms with Crippen LogP contribution in [0.2, 0.25) is 0 Å². The maximum Gasteiger partial charge on any atom is 0.245 e. The van der Waals surface area contributed by atoms with Crippen molar-refractivity contribution in [2.45, 2.75) is 330 Å². The van der Waals surface area contributed by atoms with Crippen molar-refractivity contribution in [3.63, 3.8) is 0 Å². The third-order valence-electron chi connectivity index (χ3n) is 14.1. The fourth-order valence-electron chi connectivity index (χ4n) is 9.17. The Hall–Kier alpha value is -2.36. The van der Waals surface area contributed by atoms with Crippen molar-refractivity contribution in [1.82, 2.24) is 9.80 Å². The highest BCUT2D eigenvalue weighted by atomic mass is 16.2. The molecule has 0 spiro atoms. The number of amides is 2. The molecule has 424 valence electrons. The van der Waals surface area contributed by atoms with Gasteiger partial charge in [-0.15, -0.1) is 0 Å². The molecule has 2 amide bonds. The van der Waals surface area contributed by atoms with Crippen molar-refractivity contribution in [2.24, 2.45) is 5.92 Å². The summed E-state index contributed by atoms with van der Waals surface area (Å²) in [7, 11) is 7.50. The highest BCUT2D eigenvalue weighted by molar-refractivity contribution is 5.87. The molecule has 0 bridgehead atoms. The van der Waals surface area contributed by atoms with E-state index in [4.69, 9.17) is 0 Å². The molecule has 0 fully saturated rings. The Bertz CT molecular complexity index is 1220. The molecule has 0 radical (unpaired) electrons. The Labute approximate surface area is 454 Å². The van der Waals surface area contributed by atoms with Crippen LogP contribution < -0.4 is 0 Å². The van der Waals surface area contributed by atoms with Crippen LogP contribution in [0.5, 0.6) is 0 Å². The fourth-order valence-corrected chi connectivity index (χ4v) is 9.17. The van der Waals surface area contributed by atoms with Crippen LogP contribution in [-0.4, -0.2) is 49.8 Å². The second kappa shape index (κ2) is 64.8. The van der Waals surface area contributed by atoms with E-state index in [1.807, 2.05) is 48.1 Å². The van der Waals surface area contributed by atoms with E-state index in [9.17, 15) is 9.59 Å². The molecule has 0 aliphatic rings. The highest BCUT2D eigenvalue weighted by Crippen LogP contribution is 2.24. The maximum atomic E-state index is 12.3. The molecule has 0 aliphatic carbocycles. The molecule has 0 saturated carbocycles. The van der Waals surface area contributed by atoms with Crippen LogP contribution in [0.3, 0.4) is 0 Å². The number of hydrogen-bond acceptors (Lipinski definition) is 2. The van der Waals surface area contributed by atoms with Gasteiger partial charge in [-0.25, -0.2) is 0 Å². The van der Waals surface area contributed by atoms with Gasteiger partial charge in [-0.1, -0.05) is 276 Å². The first-order valence-electron chi connectivity index (χ1n) is 31.9. The van der Waals surface area contributed by atoms with Crippen molar-refractivity contribution in [3.05, 3.63) is 60.3 Å². The smallest absolute Gasteiger partial charge is 0.245 e. The van der Waals surface area contributed by atoms with Gasteiger partial charge >= 0.3 is 0 Å². The number of rotatable bonds is 51. The molecule has 0 rings (SSSR count). The van der Waals surface area contributed by atoms with Crippen molar-refractivity contribution < 1.29 is 9.59 Å². The van der Waals surface area contributed by atoms with Crippen LogP contribution in [0.15, 0.2) is 60.3 Å². The van der Waals surface area contributed by atoms with Gasteiger partial charge in [0.15, 0.2) is 0 Å². The first kappa shape index (κ1) is 73.9. The maximum absolute atomic E-state index is 12.3.